The predicted molar refractivity (Wildman–Crippen MR) is 74.9 cm³/mol. The van der Waals surface area contributed by atoms with Gasteiger partial charge in [-0.15, -0.1) is 0 Å². The Bertz CT molecular complexity index is 831. The third-order valence-corrected chi connectivity index (χ3v) is 2.88. The third kappa shape index (κ3) is 2.01. The van der Waals surface area contributed by atoms with Crippen LogP contribution in [0.25, 0.3) is 11.0 Å². The van der Waals surface area contributed by atoms with Crippen molar-refractivity contribution in [1.82, 2.24) is 9.97 Å². The number of nitriles is 1. The van der Waals surface area contributed by atoms with Crippen LogP contribution in [0.4, 0.5) is 21.7 Å². The molecule has 0 fully saturated rings. The minimum absolute atomic E-state index is 0.0486. The maximum absolute atomic E-state index is 13.5. The number of halogens is 1. The fourth-order valence-electron chi connectivity index (χ4n) is 1.96. The summed E-state index contributed by atoms with van der Waals surface area (Å²) in [6.45, 7) is 0. The summed E-state index contributed by atoms with van der Waals surface area (Å²) in [5.74, 6) is -0.148. The Balaban J connectivity index is 2.02. The lowest BCUT2D eigenvalue weighted by Crippen LogP contribution is -1.97. The van der Waals surface area contributed by atoms with Gasteiger partial charge in [-0.05, 0) is 30.3 Å². The molecule has 1 aromatic heterocycles. The summed E-state index contributed by atoms with van der Waals surface area (Å²) < 4.78 is 13.5. The topological polar surface area (TPSA) is 90.5 Å². The molecule has 0 radical (unpaired) electrons. The molecule has 3 aromatic rings. The van der Waals surface area contributed by atoms with E-state index < -0.39 is 5.82 Å². The second kappa shape index (κ2) is 4.55. The molecule has 5 nitrogen and oxygen atoms in total. The van der Waals surface area contributed by atoms with Crippen LogP contribution in [-0.4, -0.2) is 9.97 Å². The Hall–Kier alpha value is -3.07. The summed E-state index contributed by atoms with van der Waals surface area (Å²) in [6.07, 6.45) is 0. The smallest absolute Gasteiger partial charge is 0.205 e. The van der Waals surface area contributed by atoms with E-state index in [-0.39, 0.29) is 5.56 Å². The largest absolute Gasteiger partial charge is 0.399 e. The highest BCUT2D eigenvalue weighted by atomic mass is 19.1. The number of nitrogens with two attached hydrogens (primary N) is 1. The highest BCUT2D eigenvalue weighted by molar-refractivity contribution is 5.81. The number of fused-ring (bicyclic) bond motifs is 1. The number of aromatic amines is 1. The van der Waals surface area contributed by atoms with Crippen LogP contribution in [-0.2, 0) is 0 Å². The number of rotatable bonds is 2. The van der Waals surface area contributed by atoms with Gasteiger partial charge in [0.1, 0.15) is 17.4 Å². The van der Waals surface area contributed by atoms with Crippen molar-refractivity contribution in [2.45, 2.75) is 0 Å². The molecule has 1 heterocycles. The molecule has 3 rings (SSSR count). The number of hydrogen-bond acceptors (Lipinski definition) is 4. The maximum atomic E-state index is 13.5. The number of nitrogens with zero attached hydrogens (tertiary/aromatic N) is 2. The van der Waals surface area contributed by atoms with Crippen LogP contribution >= 0.6 is 0 Å². The zero-order valence-electron chi connectivity index (χ0n) is 10.3. The number of nitrogens with one attached hydrogen (secondary N) is 2. The summed E-state index contributed by atoms with van der Waals surface area (Å²) in [4.78, 5) is 7.32. The van der Waals surface area contributed by atoms with Crippen molar-refractivity contribution < 1.29 is 4.39 Å². The molecule has 0 amide bonds. The van der Waals surface area contributed by atoms with Crippen LogP contribution in [0.2, 0.25) is 0 Å². The molecule has 6 heteroatoms. The molecular formula is C14H10FN5. The molecule has 0 atom stereocenters. The lowest BCUT2D eigenvalue weighted by molar-refractivity contribution is 0.624. The van der Waals surface area contributed by atoms with Gasteiger partial charge in [-0.3, -0.25) is 0 Å². The average molecular weight is 267 g/mol. The van der Waals surface area contributed by atoms with Crippen molar-refractivity contribution >= 4 is 28.4 Å². The number of aromatic nitrogens is 2. The first-order valence-corrected chi connectivity index (χ1v) is 5.88. The van der Waals surface area contributed by atoms with E-state index >= 15 is 0 Å². The third-order valence-electron chi connectivity index (χ3n) is 2.88. The first kappa shape index (κ1) is 12.0. The number of anilines is 3. The summed E-state index contributed by atoms with van der Waals surface area (Å²) in [5.41, 5.74) is 8.12. The van der Waals surface area contributed by atoms with Crippen molar-refractivity contribution in [2.24, 2.45) is 0 Å². The molecular weight excluding hydrogens is 257 g/mol. The highest BCUT2D eigenvalue weighted by Gasteiger charge is 2.10. The van der Waals surface area contributed by atoms with Gasteiger partial charge in [-0.1, -0.05) is 6.07 Å². The minimum atomic E-state index is -0.571. The number of imidazole rings is 1. The van der Waals surface area contributed by atoms with E-state index in [1.54, 1.807) is 24.3 Å². The van der Waals surface area contributed by atoms with E-state index in [2.05, 4.69) is 15.3 Å². The van der Waals surface area contributed by atoms with Gasteiger partial charge < -0.3 is 16.0 Å². The lowest BCUT2D eigenvalue weighted by Gasteiger charge is -2.05. The van der Waals surface area contributed by atoms with E-state index in [1.807, 2.05) is 6.07 Å². The van der Waals surface area contributed by atoms with Gasteiger partial charge in [0, 0.05) is 5.69 Å². The normalized spacial score (nSPS) is 10.4. The molecule has 0 spiro atoms. The summed E-state index contributed by atoms with van der Waals surface area (Å²) in [7, 11) is 0. The SMILES string of the molecule is N#Cc1c(F)cccc1Nc1nc2ccc(N)cc2[nH]1. The Morgan fingerprint density at radius 3 is 2.95 bits per heavy atom. The first-order chi connectivity index (χ1) is 9.67. The van der Waals surface area contributed by atoms with Crippen LogP contribution < -0.4 is 11.1 Å². The van der Waals surface area contributed by atoms with Crippen LogP contribution in [0.3, 0.4) is 0 Å². The fraction of sp³-hybridized carbons (Fsp3) is 0. The van der Waals surface area contributed by atoms with E-state index in [0.29, 0.717) is 17.3 Å². The van der Waals surface area contributed by atoms with Crippen LogP contribution in [0.5, 0.6) is 0 Å². The van der Waals surface area contributed by atoms with Crippen molar-refractivity contribution in [2.75, 3.05) is 11.1 Å². The van der Waals surface area contributed by atoms with Gasteiger partial charge in [0.2, 0.25) is 5.95 Å². The predicted octanol–water partition coefficient (Wildman–Crippen LogP) is 2.90. The van der Waals surface area contributed by atoms with E-state index in [1.165, 1.54) is 12.1 Å². The molecule has 0 saturated heterocycles. The van der Waals surface area contributed by atoms with Crippen molar-refractivity contribution in [1.29, 1.82) is 5.26 Å². The van der Waals surface area contributed by atoms with Crippen LogP contribution in [0.15, 0.2) is 36.4 Å². The molecule has 0 aliphatic rings. The maximum Gasteiger partial charge on any atom is 0.205 e. The Labute approximate surface area is 113 Å². The van der Waals surface area contributed by atoms with Gasteiger partial charge in [-0.25, -0.2) is 9.37 Å². The van der Waals surface area contributed by atoms with Gasteiger partial charge in [-0.2, -0.15) is 5.26 Å². The number of benzene rings is 2. The van der Waals surface area contributed by atoms with Gasteiger partial charge in [0.15, 0.2) is 0 Å². The molecule has 4 N–H and O–H groups in total. The molecule has 20 heavy (non-hydrogen) atoms. The molecule has 0 bridgehead atoms. The zero-order valence-corrected chi connectivity index (χ0v) is 10.3. The van der Waals surface area contributed by atoms with Gasteiger partial charge in [0.25, 0.3) is 0 Å². The molecule has 0 aliphatic heterocycles. The standard InChI is InChI=1S/C14H10FN5/c15-10-2-1-3-11(9(10)7-16)18-14-19-12-5-4-8(17)6-13(12)20-14/h1-6H,17H2,(H2,18,19,20). The Morgan fingerprint density at radius 2 is 2.15 bits per heavy atom. The van der Waals surface area contributed by atoms with E-state index in [0.717, 1.165) is 11.0 Å². The Kier molecular flexibility index (Phi) is 2.73. The molecule has 0 saturated carbocycles. The van der Waals surface area contributed by atoms with Crippen LogP contribution in [0.1, 0.15) is 5.56 Å². The van der Waals surface area contributed by atoms with Crippen LogP contribution in [0, 0.1) is 17.1 Å². The molecule has 0 aliphatic carbocycles. The molecule has 98 valence electrons. The quantitative estimate of drug-likeness (QED) is 0.623. The molecule has 0 unspecified atom stereocenters. The second-order valence-corrected chi connectivity index (χ2v) is 4.26. The fourth-order valence-corrected chi connectivity index (χ4v) is 1.96. The summed E-state index contributed by atoms with van der Waals surface area (Å²) >= 11 is 0. The minimum Gasteiger partial charge on any atom is -0.399 e. The van der Waals surface area contributed by atoms with E-state index in [9.17, 15) is 4.39 Å². The Morgan fingerprint density at radius 1 is 1.30 bits per heavy atom. The number of hydrogen-bond donors (Lipinski definition) is 3. The monoisotopic (exact) mass is 267 g/mol. The lowest BCUT2D eigenvalue weighted by atomic mass is 10.2. The van der Waals surface area contributed by atoms with Gasteiger partial charge >= 0.3 is 0 Å². The van der Waals surface area contributed by atoms with Crippen molar-refractivity contribution in [3.63, 3.8) is 0 Å². The summed E-state index contributed by atoms with van der Waals surface area (Å²) in [6, 6.07) is 11.5. The highest BCUT2D eigenvalue weighted by Crippen LogP contribution is 2.23. The van der Waals surface area contributed by atoms with E-state index in [4.69, 9.17) is 11.0 Å². The molecule has 2 aromatic carbocycles. The van der Waals surface area contributed by atoms with Gasteiger partial charge in [0.05, 0.1) is 16.7 Å². The van der Waals surface area contributed by atoms with Crippen molar-refractivity contribution in [3.8, 4) is 6.07 Å². The number of H-pyrrole nitrogens is 1. The average Bonchev–Trinajstić information content (AvgIpc) is 2.80. The zero-order chi connectivity index (χ0) is 14.1. The number of nitrogen functional groups attached to an aromatic ring is 1. The summed E-state index contributed by atoms with van der Waals surface area (Å²) in [5, 5.41) is 11.9. The first-order valence-electron chi connectivity index (χ1n) is 5.88. The second-order valence-electron chi connectivity index (χ2n) is 4.26. The van der Waals surface area contributed by atoms with Crippen molar-refractivity contribution in [3.05, 3.63) is 47.8 Å².